The number of nitrogens with zero attached hydrogens (tertiary/aromatic N) is 3. The molecule has 0 bridgehead atoms. The predicted molar refractivity (Wildman–Crippen MR) is 71.4 cm³/mol. The number of aromatic nitrogens is 2. The van der Waals surface area contributed by atoms with Gasteiger partial charge in [-0.2, -0.15) is 0 Å². The first-order chi connectivity index (χ1) is 9.26. The molecule has 19 heavy (non-hydrogen) atoms. The lowest BCUT2D eigenvalue weighted by atomic mass is 10.2. The van der Waals surface area contributed by atoms with Crippen LogP contribution in [0.15, 0.2) is 6.07 Å². The second-order valence-corrected chi connectivity index (χ2v) is 4.43. The molecular formula is C12H21N5O2. The number of hydrazine groups is 1. The van der Waals surface area contributed by atoms with Gasteiger partial charge in [-0.15, -0.1) is 0 Å². The molecule has 0 radical (unpaired) electrons. The monoisotopic (exact) mass is 267 g/mol. The zero-order valence-corrected chi connectivity index (χ0v) is 11.4. The zero-order chi connectivity index (χ0) is 13.7. The summed E-state index contributed by atoms with van der Waals surface area (Å²) in [5.74, 6) is 6.67. The lowest BCUT2D eigenvalue weighted by Crippen LogP contribution is -2.38. The van der Waals surface area contributed by atoms with Crippen molar-refractivity contribution in [1.29, 1.82) is 0 Å². The van der Waals surface area contributed by atoms with E-state index < -0.39 is 0 Å². The number of rotatable bonds is 5. The molecule has 1 unspecified atom stereocenters. The molecule has 1 aliphatic rings. The van der Waals surface area contributed by atoms with Gasteiger partial charge in [0.05, 0.1) is 18.9 Å². The fourth-order valence-corrected chi connectivity index (χ4v) is 2.10. The Labute approximate surface area is 113 Å². The first kappa shape index (κ1) is 14.1. The van der Waals surface area contributed by atoms with E-state index in [1.165, 1.54) is 0 Å². The number of anilines is 1. The molecule has 3 N–H and O–H groups in total. The van der Waals surface area contributed by atoms with Gasteiger partial charge in [-0.25, -0.2) is 15.8 Å². The minimum Gasteiger partial charge on any atom is -0.378 e. The topological polar surface area (TPSA) is 85.5 Å². The second-order valence-electron chi connectivity index (χ2n) is 4.43. The van der Waals surface area contributed by atoms with Gasteiger partial charge in [0, 0.05) is 26.3 Å². The van der Waals surface area contributed by atoms with Crippen molar-refractivity contribution in [3.8, 4) is 0 Å². The molecule has 1 fully saturated rings. The Bertz CT molecular complexity index is 415. The van der Waals surface area contributed by atoms with E-state index in [9.17, 15) is 0 Å². The summed E-state index contributed by atoms with van der Waals surface area (Å²) >= 11 is 0. The number of hydrogen-bond acceptors (Lipinski definition) is 7. The Kier molecular flexibility index (Phi) is 5.03. The Hall–Kier alpha value is -1.28. The minimum absolute atomic E-state index is 0.113. The largest absolute Gasteiger partial charge is 0.378 e. The van der Waals surface area contributed by atoms with E-state index >= 15 is 0 Å². The highest BCUT2D eigenvalue weighted by Crippen LogP contribution is 2.21. The van der Waals surface area contributed by atoms with Crippen LogP contribution in [0.25, 0.3) is 0 Å². The van der Waals surface area contributed by atoms with Crippen molar-refractivity contribution in [2.24, 2.45) is 5.84 Å². The van der Waals surface area contributed by atoms with Crippen LogP contribution in [-0.4, -0.2) is 48.2 Å². The molecule has 7 heteroatoms. The van der Waals surface area contributed by atoms with E-state index in [2.05, 4.69) is 27.2 Å². The third-order valence-corrected chi connectivity index (χ3v) is 3.12. The number of ether oxygens (including phenoxy) is 2. The summed E-state index contributed by atoms with van der Waals surface area (Å²) in [5.41, 5.74) is 3.34. The maximum Gasteiger partial charge on any atom is 0.161 e. The van der Waals surface area contributed by atoms with Gasteiger partial charge < -0.3 is 14.9 Å². The Morgan fingerprint density at radius 2 is 2.42 bits per heavy atom. The number of hydrogen-bond donors (Lipinski definition) is 2. The number of likely N-dealkylation sites (N-methyl/N-ethyl adjacent to an activating group) is 1. The minimum atomic E-state index is -0.113. The molecular weight excluding hydrogens is 246 g/mol. The zero-order valence-electron chi connectivity index (χ0n) is 11.4. The Balaban J connectivity index is 2.19. The molecule has 0 aliphatic carbocycles. The van der Waals surface area contributed by atoms with E-state index in [1.807, 2.05) is 0 Å². The van der Waals surface area contributed by atoms with Crippen molar-refractivity contribution >= 4 is 5.82 Å². The van der Waals surface area contributed by atoms with E-state index in [0.717, 1.165) is 25.3 Å². The molecule has 2 rings (SSSR count). The lowest BCUT2D eigenvalue weighted by Gasteiger charge is -2.31. The SMILES string of the molecule is CCN1CCOC(c2nc(COC)cc(NN)n2)C1. The van der Waals surface area contributed by atoms with Gasteiger partial charge in [0.1, 0.15) is 11.9 Å². The van der Waals surface area contributed by atoms with E-state index in [4.69, 9.17) is 15.3 Å². The molecule has 1 atom stereocenters. The highest BCUT2D eigenvalue weighted by molar-refractivity contribution is 5.34. The first-order valence-electron chi connectivity index (χ1n) is 6.44. The van der Waals surface area contributed by atoms with E-state index in [-0.39, 0.29) is 6.10 Å². The molecule has 0 spiro atoms. The number of methoxy groups -OCH3 is 1. The molecule has 0 saturated carbocycles. The maximum absolute atomic E-state index is 5.75. The van der Waals surface area contributed by atoms with Gasteiger partial charge in [0.2, 0.25) is 0 Å². The Morgan fingerprint density at radius 3 is 3.11 bits per heavy atom. The molecule has 2 heterocycles. The van der Waals surface area contributed by atoms with Gasteiger partial charge in [-0.1, -0.05) is 6.92 Å². The van der Waals surface area contributed by atoms with Gasteiger partial charge in [0.15, 0.2) is 5.82 Å². The van der Waals surface area contributed by atoms with Crippen LogP contribution in [0.1, 0.15) is 24.5 Å². The third kappa shape index (κ3) is 3.60. The van der Waals surface area contributed by atoms with Crippen molar-refractivity contribution in [2.75, 3.05) is 38.8 Å². The molecule has 1 aromatic heterocycles. The van der Waals surface area contributed by atoms with Crippen LogP contribution >= 0.6 is 0 Å². The molecule has 0 amide bonds. The third-order valence-electron chi connectivity index (χ3n) is 3.12. The van der Waals surface area contributed by atoms with Crippen LogP contribution in [0.4, 0.5) is 5.82 Å². The smallest absolute Gasteiger partial charge is 0.161 e. The molecule has 1 saturated heterocycles. The van der Waals surface area contributed by atoms with Crippen molar-refractivity contribution in [3.05, 3.63) is 17.6 Å². The molecule has 106 valence electrons. The van der Waals surface area contributed by atoms with Gasteiger partial charge >= 0.3 is 0 Å². The van der Waals surface area contributed by atoms with E-state index in [1.54, 1.807) is 13.2 Å². The molecule has 1 aromatic rings. The van der Waals surface area contributed by atoms with Crippen LogP contribution in [0, 0.1) is 0 Å². The summed E-state index contributed by atoms with van der Waals surface area (Å²) in [5, 5.41) is 0. The number of nitrogens with one attached hydrogen (secondary N) is 1. The quantitative estimate of drug-likeness (QED) is 0.586. The van der Waals surface area contributed by atoms with Crippen molar-refractivity contribution < 1.29 is 9.47 Å². The highest BCUT2D eigenvalue weighted by atomic mass is 16.5. The van der Waals surface area contributed by atoms with Crippen LogP contribution in [0.5, 0.6) is 0 Å². The molecule has 0 aromatic carbocycles. The lowest BCUT2D eigenvalue weighted by molar-refractivity contribution is -0.0327. The van der Waals surface area contributed by atoms with Crippen molar-refractivity contribution in [3.63, 3.8) is 0 Å². The summed E-state index contributed by atoms with van der Waals surface area (Å²) < 4.78 is 10.9. The van der Waals surface area contributed by atoms with Gasteiger partial charge in [-0.3, -0.25) is 4.90 Å². The van der Waals surface area contributed by atoms with Crippen LogP contribution in [0.2, 0.25) is 0 Å². The fourth-order valence-electron chi connectivity index (χ4n) is 2.10. The van der Waals surface area contributed by atoms with Gasteiger partial charge in [0.25, 0.3) is 0 Å². The van der Waals surface area contributed by atoms with Crippen molar-refractivity contribution in [1.82, 2.24) is 14.9 Å². The normalized spacial score (nSPS) is 20.5. The summed E-state index contributed by atoms with van der Waals surface area (Å²) in [4.78, 5) is 11.2. The number of morpholine rings is 1. The average molecular weight is 267 g/mol. The van der Waals surface area contributed by atoms with E-state index in [0.29, 0.717) is 24.9 Å². The summed E-state index contributed by atoms with van der Waals surface area (Å²) in [6.07, 6.45) is -0.113. The van der Waals surface area contributed by atoms with Crippen LogP contribution in [-0.2, 0) is 16.1 Å². The molecule has 1 aliphatic heterocycles. The van der Waals surface area contributed by atoms with Crippen molar-refractivity contribution in [2.45, 2.75) is 19.6 Å². The number of nitrogen functional groups attached to an aromatic ring is 1. The predicted octanol–water partition coefficient (Wildman–Crippen LogP) is 0.302. The fraction of sp³-hybridized carbons (Fsp3) is 0.667. The van der Waals surface area contributed by atoms with Crippen LogP contribution in [0.3, 0.4) is 0 Å². The first-order valence-corrected chi connectivity index (χ1v) is 6.44. The standard InChI is InChI=1S/C12H21N5O2/c1-3-17-4-5-19-10(7-17)12-14-9(8-18-2)6-11(15-12)16-13/h6,10H,3-5,7-8,13H2,1-2H3,(H,14,15,16). The van der Waals surface area contributed by atoms with Crippen LogP contribution < -0.4 is 11.3 Å². The highest BCUT2D eigenvalue weighted by Gasteiger charge is 2.24. The second kappa shape index (κ2) is 6.76. The summed E-state index contributed by atoms with van der Waals surface area (Å²) in [6.45, 7) is 6.01. The number of nitrogens with two attached hydrogens (primary N) is 1. The summed E-state index contributed by atoms with van der Waals surface area (Å²) in [7, 11) is 1.63. The molecule has 7 nitrogen and oxygen atoms in total. The van der Waals surface area contributed by atoms with Gasteiger partial charge in [-0.05, 0) is 6.54 Å². The average Bonchev–Trinajstić information content (AvgIpc) is 2.47. The summed E-state index contributed by atoms with van der Waals surface area (Å²) in [6, 6.07) is 1.77. The maximum atomic E-state index is 5.75. The Morgan fingerprint density at radius 1 is 1.58 bits per heavy atom.